The van der Waals surface area contributed by atoms with E-state index in [1.165, 1.54) is 12.5 Å². The Morgan fingerprint density at radius 3 is 2.27 bits per heavy atom. The summed E-state index contributed by atoms with van der Waals surface area (Å²) in [5, 5.41) is 40.8. The Bertz CT molecular complexity index is 3200. The number of aromatic hydroxyl groups is 3. The normalized spacial score (nSPS) is 24.3. The number of hydrogen-bond donors (Lipinski definition) is 4. The molecule has 0 bridgehead atoms. The number of methoxy groups -OCH3 is 2. The number of hydrogen-bond acceptors (Lipinski definition) is 10. The summed E-state index contributed by atoms with van der Waals surface area (Å²) in [7, 11) is 5.04. The summed E-state index contributed by atoms with van der Waals surface area (Å²) in [5.74, 6) is -0.0788. The van der Waals surface area contributed by atoms with Gasteiger partial charge < -0.3 is 39.6 Å². The standard InChI is InChI=1S/C60H59NO9/c1-33(62)69-55-29-45(70-58(66)20-34-12-13-39-23-44(63)27-47(46(39)19-34)38-11-7-8-35(18-38)32-61-2)28-50-48-31-57(68-4)53(64)25-41(48)21-40-15-17-51-49-30-54(65)56(67-3)26-42(49)24-52(55)60(51,59(40)50)43-16-14-36-9-5-6-10-37(36)22-43/h5-14,16,18-19,22-23,25-27,30-31,40,45,50-52,55,59,61,63-65H,15,17,20-21,24,28-29,32H2,1-4H3. The molecule has 0 heterocycles. The molecule has 4 aliphatic carbocycles. The van der Waals surface area contributed by atoms with Crippen molar-refractivity contribution in [2.24, 2.45) is 17.8 Å². The molecule has 11 rings (SSSR count). The van der Waals surface area contributed by atoms with Crippen molar-refractivity contribution in [2.75, 3.05) is 21.3 Å². The molecule has 10 nitrogen and oxygen atoms in total. The molecule has 8 unspecified atom stereocenters. The second kappa shape index (κ2) is 18.0. The Balaban J connectivity index is 1.05. The summed E-state index contributed by atoms with van der Waals surface area (Å²) in [6, 6.07) is 40.6. The molecular weight excluding hydrogens is 879 g/mol. The van der Waals surface area contributed by atoms with Crippen molar-refractivity contribution in [1.82, 2.24) is 5.32 Å². The number of nitrogens with one attached hydrogen (secondary N) is 1. The number of phenols is 3. The Hall–Kier alpha value is -7.04. The molecule has 7 aromatic carbocycles. The predicted octanol–water partition coefficient (Wildman–Crippen LogP) is 11.0. The second-order valence-electron chi connectivity index (χ2n) is 20.2. The molecule has 358 valence electrons. The Morgan fingerprint density at radius 2 is 1.47 bits per heavy atom. The number of carbonyl (C=O) groups excluding carboxylic acids is 2. The van der Waals surface area contributed by atoms with Gasteiger partial charge in [-0.2, -0.15) is 0 Å². The lowest BCUT2D eigenvalue weighted by molar-refractivity contribution is -0.166. The van der Waals surface area contributed by atoms with E-state index in [4.69, 9.17) is 18.9 Å². The van der Waals surface area contributed by atoms with Crippen molar-refractivity contribution in [3.05, 3.63) is 160 Å². The number of fused-ring (bicyclic) bond motifs is 6. The Labute approximate surface area is 408 Å². The second-order valence-corrected chi connectivity index (χ2v) is 20.2. The van der Waals surface area contributed by atoms with Gasteiger partial charge in [-0.25, -0.2) is 0 Å². The lowest BCUT2D eigenvalue weighted by Crippen LogP contribution is -2.63. The first-order valence-electron chi connectivity index (χ1n) is 24.6. The minimum atomic E-state index is -0.651. The van der Waals surface area contributed by atoms with Crippen LogP contribution in [0.25, 0.3) is 32.7 Å². The first-order valence-corrected chi connectivity index (χ1v) is 24.6. The van der Waals surface area contributed by atoms with Gasteiger partial charge in [0.25, 0.3) is 0 Å². The van der Waals surface area contributed by atoms with Gasteiger partial charge in [-0.05, 0) is 183 Å². The molecule has 0 spiro atoms. The van der Waals surface area contributed by atoms with Gasteiger partial charge in [0.1, 0.15) is 18.0 Å². The summed E-state index contributed by atoms with van der Waals surface area (Å²) in [5.41, 5.74) is 8.50. The van der Waals surface area contributed by atoms with Crippen molar-refractivity contribution in [2.45, 2.75) is 87.9 Å². The van der Waals surface area contributed by atoms with Gasteiger partial charge in [0.2, 0.25) is 0 Å². The smallest absolute Gasteiger partial charge is 0.310 e. The zero-order valence-corrected chi connectivity index (χ0v) is 40.0. The zero-order chi connectivity index (χ0) is 48.4. The maximum Gasteiger partial charge on any atom is 0.310 e. The highest BCUT2D eigenvalue weighted by Crippen LogP contribution is 2.69. The SMILES string of the molecule is CNCc1cccc(-c2cc(O)cc3ccc(CC(=O)OC4CC(OC(C)=O)C5Cc6cc(OC)c(O)cc6C6CCC7Cc8cc(O)c(OC)cc8C(C4)C7C65c4ccc5ccccc5c4)cc23)c1. The largest absolute Gasteiger partial charge is 0.508 e. The summed E-state index contributed by atoms with van der Waals surface area (Å²) in [4.78, 5) is 28.2. The van der Waals surface area contributed by atoms with E-state index in [2.05, 4.69) is 59.9 Å². The molecule has 70 heavy (non-hydrogen) atoms. The van der Waals surface area contributed by atoms with Gasteiger partial charge in [0.05, 0.1) is 20.6 Å². The van der Waals surface area contributed by atoms with Gasteiger partial charge in [0.15, 0.2) is 23.0 Å². The highest BCUT2D eigenvalue weighted by molar-refractivity contribution is 5.98. The maximum atomic E-state index is 14.6. The van der Waals surface area contributed by atoms with Crippen molar-refractivity contribution in [3.63, 3.8) is 0 Å². The van der Waals surface area contributed by atoms with Crippen molar-refractivity contribution >= 4 is 33.5 Å². The quantitative estimate of drug-likeness (QED) is 0.0979. The average Bonchev–Trinajstić information content (AvgIpc) is 3.34. The molecule has 4 N–H and O–H groups in total. The molecule has 8 atom stereocenters. The van der Waals surface area contributed by atoms with Crippen LogP contribution >= 0.6 is 0 Å². The number of benzene rings is 7. The van der Waals surface area contributed by atoms with Crippen LogP contribution in [-0.2, 0) is 50.3 Å². The van der Waals surface area contributed by atoms with E-state index in [1.54, 1.807) is 26.4 Å². The maximum absolute atomic E-state index is 14.6. The predicted molar refractivity (Wildman–Crippen MR) is 270 cm³/mol. The minimum Gasteiger partial charge on any atom is -0.508 e. The fourth-order valence-electron chi connectivity index (χ4n) is 13.9. The van der Waals surface area contributed by atoms with Gasteiger partial charge in [-0.1, -0.05) is 72.8 Å². The fraction of sp³-hybridized carbons (Fsp3) is 0.333. The number of esters is 2. The third kappa shape index (κ3) is 7.77. The van der Waals surface area contributed by atoms with Gasteiger partial charge >= 0.3 is 11.9 Å². The monoisotopic (exact) mass is 937 g/mol. The van der Waals surface area contributed by atoms with Crippen molar-refractivity contribution in [3.8, 4) is 39.9 Å². The van der Waals surface area contributed by atoms with Crippen LogP contribution in [-0.4, -0.2) is 60.7 Å². The van der Waals surface area contributed by atoms with E-state index in [-0.39, 0.29) is 59.7 Å². The Kier molecular flexibility index (Phi) is 11.7. The van der Waals surface area contributed by atoms with Crippen molar-refractivity contribution < 1.29 is 43.9 Å². The first kappa shape index (κ1) is 45.4. The first-order chi connectivity index (χ1) is 33.9. The molecule has 0 amide bonds. The lowest BCUT2D eigenvalue weighted by atomic mass is 9.39. The summed E-state index contributed by atoms with van der Waals surface area (Å²) >= 11 is 0. The van der Waals surface area contributed by atoms with E-state index in [0.717, 1.165) is 85.3 Å². The Morgan fingerprint density at radius 1 is 0.700 bits per heavy atom. The molecule has 7 aromatic rings. The topological polar surface area (TPSA) is 144 Å². The minimum absolute atomic E-state index is 0.00295. The molecule has 0 radical (unpaired) electrons. The van der Waals surface area contributed by atoms with E-state index < -0.39 is 29.6 Å². The van der Waals surface area contributed by atoms with Crippen LogP contribution in [0.15, 0.2) is 121 Å². The van der Waals surface area contributed by atoms with E-state index in [9.17, 15) is 24.9 Å². The highest BCUT2D eigenvalue weighted by Gasteiger charge is 2.65. The van der Waals surface area contributed by atoms with Crippen LogP contribution in [0.1, 0.15) is 83.4 Å². The van der Waals surface area contributed by atoms with Crippen LogP contribution in [0.4, 0.5) is 0 Å². The number of carbonyl (C=O) groups is 2. The van der Waals surface area contributed by atoms with Crippen LogP contribution in [0.3, 0.4) is 0 Å². The lowest BCUT2D eigenvalue weighted by Gasteiger charge is -2.65. The van der Waals surface area contributed by atoms with Gasteiger partial charge in [0, 0.05) is 31.2 Å². The third-order valence-electron chi connectivity index (χ3n) is 16.4. The number of rotatable bonds is 10. The molecule has 0 saturated heterocycles. The number of ether oxygens (including phenoxy) is 4. The molecule has 10 heteroatoms. The van der Waals surface area contributed by atoms with Crippen LogP contribution in [0, 0.1) is 17.8 Å². The van der Waals surface area contributed by atoms with Gasteiger partial charge in [-0.15, -0.1) is 0 Å². The highest BCUT2D eigenvalue weighted by atomic mass is 16.6. The molecule has 2 fully saturated rings. The number of phenolic OH excluding ortho intramolecular Hbond substituents is 3. The molecular formula is C60H59NO9. The van der Waals surface area contributed by atoms with E-state index in [0.29, 0.717) is 30.9 Å². The molecule has 0 aromatic heterocycles. The van der Waals surface area contributed by atoms with Crippen LogP contribution in [0.2, 0.25) is 0 Å². The van der Waals surface area contributed by atoms with Crippen LogP contribution < -0.4 is 14.8 Å². The average molecular weight is 938 g/mol. The van der Waals surface area contributed by atoms with E-state index in [1.807, 2.05) is 61.6 Å². The summed E-state index contributed by atoms with van der Waals surface area (Å²) in [6.07, 6.45) is 2.39. The van der Waals surface area contributed by atoms with Gasteiger partial charge in [-0.3, -0.25) is 9.59 Å². The summed E-state index contributed by atoms with van der Waals surface area (Å²) in [6.45, 7) is 2.16. The fourth-order valence-corrected chi connectivity index (χ4v) is 13.9. The molecule has 4 aliphatic rings. The third-order valence-corrected chi connectivity index (χ3v) is 16.4. The van der Waals surface area contributed by atoms with Crippen molar-refractivity contribution in [1.29, 1.82) is 0 Å². The van der Waals surface area contributed by atoms with E-state index >= 15 is 0 Å². The molecule has 2 saturated carbocycles. The van der Waals surface area contributed by atoms with Crippen LogP contribution in [0.5, 0.6) is 28.7 Å². The molecule has 0 aliphatic heterocycles. The summed E-state index contributed by atoms with van der Waals surface area (Å²) < 4.78 is 24.9. The zero-order valence-electron chi connectivity index (χ0n) is 40.0.